The Hall–Kier alpha value is -1.05. The molecule has 2 heterocycles. The second-order valence-electron chi connectivity index (χ2n) is 5.11. The van der Waals surface area contributed by atoms with Crippen molar-refractivity contribution in [3.63, 3.8) is 0 Å². The van der Waals surface area contributed by atoms with Crippen LogP contribution in [0.15, 0.2) is 6.20 Å². The summed E-state index contributed by atoms with van der Waals surface area (Å²) in [5.41, 5.74) is 0.0765. The third kappa shape index (κ3) is 3.71. The average Bonchev–Trinajstić information content (AvgIpc) is 2.96. The zero-order valence-corrected chi connectivity index (χ0v) is 13.2. The lowest BCUT2D eigenvalue weighted by atomic mass is 9.98. The summed E-state index contributed by atoms with van der Waals surface area (Å²) in [4.78, 5) is 5.54. The number of ether oxygens (including phenoxy) is 1. The number of hydrogen-bond donors (Lipinski definition) is 1. The summed E-state index contributed by atoms with van der Waals surface area (Å²) in [7, 11) is 1.68. The molecule has 0 bridgehead atoms. The third-order valence-corrected chi connectivity index (χ3v) is 4.84. The highest BCUT2D eigenvalue weighted by Crippen LogP contribution is 2.34. The second kappa shape index (κ2) is 5.94. The van der Waals surface area contributed by atoms with E-state index in [1.54, 1.807) is 29.8 Å². The van der Waals surface area contributed by atoms with Crippen LogP contribution in [0.4, 0.5) is 5.13 Å². The Morgan fingerprint density at radius 1 is 1.26 bits per heavy atom. The van der Waals surface area contributed by atoms with Crippen LogP contribution in [-0.4, -0.2) is 35.4 Å². The van der Waals surface area contributed by atoms with Gasteiger partial charge in [0.25, 0.3) is 0 Å². The fraction of sp³-hybridized carbons (Fsp3) is 0.583. The van der Waals surface area contributed by atoms with Gasteiger partial charge in [0.1, 0.15) is 0 Å². The first-order chi connectivity index (χ1) is 9.00. The number of rotatable bonds is 5. The minimum Gasteiger partial charge on any atom is -0.383 e. The van der Waals surface area contributed by atoms with Gasteiger partial charge in [0.2, 0.25) is 5.13 Å². The summed E-state index contributed by atoms with van der Waals surface area (Å²) in [6, 6.07) is 0. The first kappa shape index (κ1) is 14.4. The van der Waals surface area contributed by atoms with Crippen LogP contribution in [0, 0.1) is 0 Å². The number of nitrogens with zero attached hydrogens (tertiary/aromatic N) is 3. The SMILES string of the molecule is COCCNc1nnc(-c2cnc(C(C)(C)C)s2)s1. The highest BCUT2D eigenvalue weighted by molar-refractivity contribution is 7.23. The van der Waals surface area contributed by atoms with Gasteiger partial charge in [-0.2, -0.15) is 0 Å². The molecule has 104 valence electrons. The fourth-order valence-corrected chi connectivity index (χ4v) is 3.15. The lowest BCUT2D eigenvalue weighted by molar-refractivity contribution is 0.211. The fourth-order valence-electron chi connectivity index (χ4n) is 1.37. The molecular formula is C12H18N4OS2. The Morgan fingerprint density at radius 2 is 2.05 bits per heavy atom. The molecule has 7 heteroatoms. The van der Waals surface area contributed by atoms with Crippen molar-refractivity contribution in [2.24, 2.45) is 0 Å². The predicted octanol–water partition coefficient (Wildman–Crippen LogP) is 3.02. The molecule has 0 aliphatic carbocycles. The molecular weight excluding hydrogens is 280 g/mol. The topological polar surface area (TPSA) is 59.9 Å². The van der Waals surface area contributed by atoms with Gasteiger partial charge in [0.05, 0.1) is 16.5 Å². The molecule has 0 amide bonds. The van der Waals surface area contributed by atoms with Gasteiger partial charge in [0.15, 0.2) is 5.01 Å². The highest BCUT2D eigenvalue weighted by Gasteiger charge is 2.19. The van der Waals surface area contributed by atoms with E-state index in [0.29, 0.717) is 6.61 Å². The molecule has 0 radical (unpaired) electrons. The average molecular weight is 298 g/mol. The molecule has 0 aliphatic rings. The van der Waals surface area contributed by atoms with Crippen LogP contribution >= 0.6 is 22.7 Å². The Bertz CT molecular complexity index is 530. The lowest BCUT2D eigenvalue weighted by Gasteiger charge is -2.13. The molecule has 0 saturated heterocycles. The van der Waals surface area contributed by atoms with Gasteiger partial charge < -0.3 is 10.1 Å². The molecule has 0 saturated carbocycles. The molecule has 0 atom stereocenters. The van der Waals surface area contributed by atoms with E-state index >= 15 is 0 Å². The van der Waals surface area contributed by atoms with Crippen molar-refractivity contribution in [2.45, 2.75) is 26.2 Å². The largest absolute Gasteiger partial charge is 0.383 e. The van der Waals surface area contributed by atoms with E-state index < -0.39 is 0 Å². The quantitative estimate of drug-likeness (QED) is 0.860. The van der Waals surface area contributed by atoms with E-state index in [1.807, 2.05) is 6.20 Å². The summed E-state index contributed by atoms with van der Waals surface area (Å²) in [5, 5.41) is 14.3. The van der Waals surface area contributed by atoms with Crippen LogP contribution in [-0.2, 0) is 10.2 Å². The maximum atomic E-state index is 4.98. The normalized spacial score (nSPS) is 11.8. The zero-order valence-electron chi connectivity index (χ0n) is 11.6. The number of nitrogens with one attached hydrogen (secondary N) is 1. The number of thiazole rings is 1. The van der Waals surface area contributed by atoms with E-state index in [-0.39, 0.29) is 5.41 Å². The molecule has 0 unspecified atom stereocenters. The molecule has 2 aromatic heterocycles. The van der Waals surface area contributed by atoms with E-state index in [4.69, 9.17) is 4.74 Å². The maximum Gasteiger partial charge on any atom is 0.206 e. The first-order valence-electron chi connectivity index (χ1n) is 6.03. The van der Waals surface area contributed by atoms with E-state index in [2.05, 4.69) is 41.3 Å². The number of aromatic nitrogens is 3. The van der Waals surface area contributed by atoms with Crippen molar-refractivity contribution in [3.05, 3.63) is 11.2 Å². The van der Waals surface area contributed by atoms with Crippen molar-refractivity contribution in [1.82, 2.24) is 15.2 Å². The van der Waals surface area contributed by atoms with Gasteiger partial charge in [0, 0.05) is 25.3 Å². The molecule has 19 heavy (non-hydrogen) atoms. The van der Waals surface area contributed by atoms with Gasteiger partial charge in [-0.25, -0.2) is 4.98 Å². The minimum absolute atomic E-state index is 0.0765. The highest BCUT2D eigenvalue weighted by atomic mass is 32.1. The summed E-state index contributed by atoms with van der Waals surface area (Å²) in [5.74, 6) is 0. The molecule has 0 fully saturated rings. The Morgan fingerprint density at radius 3 is 2.68 bits per heavy atom. The summed E-state index contributed by atoms with van der Waals surface area (Å²) in [6.07, 6.45) is 1.88. The third-order valence-electron chi connectivity index (χ3n) is 2.37. The van der Waals surface area contributed by atoms with Crippen LogP contribution < -0.4 is 5.32 Å². The van der Waals surface area contributed by atoms with Crippen molar-refractivity contribution in [1.29, 1.82) is 0 Å². The number of methoxy groups -OCH3 is 1. The summed E-state index contributed by atoms with van der Waals surface area (Å²) < 4.78 is 4.98. The van der Waals surface area contributed by atoms with Crippen LogP contribution in [0.25, 0.3) is 9.88 Å². The Balaban J connectivity index is 2.08. The van der Waals surface area contributed by atoms with Crippen molar-refractivity contribution >= 4 is 27.8 Å². The van der Waals surface area contributed by atoms with E-state index in [0.717, 1.165) is 26.6 Å². The smallest absolute Gasteiger partial charge is 0.206 e. The number of hydrogen-bond acceptors (Lipinski definition) is 7. The molecule has 2 aromatic rings. The van der Waals surface area contributed by atoms with Gasteiger partial charge in [-0.3, -0.25) is 0 Å². The van der Waals surface area contributed by atoms with E-state index in [1.165, 1.54) is 0 Å². The molecule has 0 spiro atoms. The van der Waals surface area contributed by atoms with Crippen LogP contribution in [0.2, 0.25) is 0 Å². The molecule has 1 N–H and O–H groups in total. The van der Waals surface area contributed by atoms with Crippen molar-refractivity contribution in [2.75, 3.05) is 25.6 Å². The monoisotopic (exact) mass is 298 g/mol. The van der Waals surface area contributed by atoms with Crippen molar-refractivity contribution < 1.29 is 4.74 Å². The second-order valence-corrected chi connectivity index (χ2v) is 7.12. The van der Waals surface area contributed by atoms with Gasteiger partial charge >= 0.3 is 0 Å². The Labute approximate surface area is 121 Å². The predicted molar refractivity (Wildman–Crippen MR) is 80.1 cm³/mol. The van der Waals surface area contributed by atoms with Gasteiger partial charge in [-0.15, -0.1) is 21.5 Å². The van der Waals surface area contributed by atoms with Gasteiger partial charge in [-0.1, -0.05) is 32.1 Å². The maximum absolute atomic E-state index is 4.98. The van der Waals surface area contributed by atoms with E-state index in [9.17, 15) is 0 Å². The van der Waals surface area contributed by atoms with Crippen LogP contribution in [0.3, 0.4) is 0 Å². The molecule has 2 rings (SSSR count). The van der Waals surface area contributed by atoms with Crippen LogP contribution in [0.5, 0.6) is 0 Å². The number of anilines is 1. The standard InChI is InChI=1S/C12H18N4OS2/c1-12(2,3)10-14-7-8(18-10)9-15-16-11(19-9)13-5-6-17-4/h7H,5-6H2,1-4H3,(H,13,16). The van der Waals surface area contributed by atoms with Gasteiger partial charge in [-0.05, 0) is 0 Å². The van der Waals surface area contributed by atoms with Crippen LogP contribution in [0.1, 0.15) is 25.8 Å². The lowest BCUT2D eigenvalue weighted by Crippen LogP contribution is -2.09. The summed E-state index contributed by atoms with van der Waals surface area (Å²) >= 11 is 3.22. The molecule has 0 aliphatic heterocycles. The summed E-state index contributed by atoms with van der Waals surface area (Å²) in [6.45, 7) is 7.87. The first-order valence-corrected chi connectivity index (χ1v) is 7.67. The minimum atomic E-state index is 0.0765. The Kier molecular flexibility index (Phi) is 4.49. The van der Waals surface area contributed by atoms with Crippen molar-refractivity contribution in [3.8, 4) is 9.88 Å². The molecule has 0 aromatic carbocycles. The zero-order chi connectivity index (χ0) is 13.9. The molecule has 5 nitrogen and oxygen atoms in total.